The zero-order valence-electron chi connectivity index (χ0n) is 63.5. The van der Waals surface area contributed by atoms with Crippen molar-refractivity contribution in [3.63, 3.8) is 0 Å². The third-order valence-electron chi connectivity index (χ3n) is 19.3. The fraction of sp³-hybridized carbons (Fsp3) is 0.833. The first kappa shape index (κ1) is 101. The number of alkyl halides is 18. The second-order valence-electron chi connectivity index (χ2n) is 27.6. The van der Waals surface area contributed by atoms with Gasteiger partial charge in [0.25, 0.3) is 16.8 Å². The van der Waals surface area contributed by atoms with E-state index in [0.29, 0.717) is 66.1 Å². The summed E-state index contributed by atoms with van der Waals surface area (Å²) in [6.45, 7) is 22.4. The molecule has 0 heterocycles. The summed E-state index contributed by atoms with van der Waals surface area (Å²) in [5, 5.41) is 0. The second kappa shape index (κ2) is 44.7. The molecular formula is C72H108F18O18. The van der Waals surface area contributed by atoms with E-state index in [9.17, 15) is 108 Å². The van der Waals surface area contributed by atoms with Crippen molar-refractivity contribution >= 4 is 35.8 Å². The van der Waals surface area contributed by atoms with E-state index in [4.69, 9.17) is 28.4 Å². The predicted octanol–water partition coefficient (Wildman–Crippen LogP) is 18.4. The molecule has 6 saturated carbocycles. The van der Waals surface area contributed by atoms with Crippen molar-refractivity contribution < 1.29 is 165 Å². The van der Waals surface area contributed by atoms with Crippen molar-refractivity contribution in [2.45, 2.75) is 276 Å². The number of rotatable bonds is 32. The van der Waals surface area contributed by atoms with E-state index >= 15 is 0 Å². The van der Waals surface area contributed by atoms with Crippen molar-refractivity contribution in [3.8, 4) is 0 Å². The lowest BCUT2D eigenvalue weighted by atomic mass is 9.89. The van der Waals surface area contributed by atoms with Crippen LogP contribution in [0.25, 0.3) is 0 Å². The monoisotopic (exact) mass is 1600 g/mol. The summed E-state index contributed by atoms with van der Waals surface area (Å²) in [4.78, 5) is 67.1. The fourth-order valence-corrected chi connectivity index (χ4v) is 14.1. The quantitative estimate of drug-likeness (QED) is 0.0153. The van der Waals surface area contributed by atoms with Gasteiger partial charge < -0.3 is 56.8 Å². The van der Waals surface area contributed by atoms with Gasteiger partial charge in [-0.3, -0.25) is 14.4 Å². The number of carbonyl (C=O) groups is 6. The largest absolute Gasteiger partial charge is 0.466 e. The highest BCUT2D eigenvalue weighted by molar-refractivity contribution is 5.87. The Morgan fingerprint density at radius 1 is 0.370 bits per heavy atom. The SMILES string of the molecule is C=C(C)C(=O)OC.C=C(C)C(=O)OC.C=C(C)C(=O)OC.CCOC(C)OC(CC(C)OC(=O)C1CC2CCC1C2)(C(F)(F)F)C(F)(F)F.CCOC(C)OC(CCCCCCOC(=O)C1CC2CCC1C2)(C(F)(F)F)C(F)(F)F.CCOC(C)OC(CCCOC(=O)C1CC2CCC1C2)(C(F)(F)F)C(F)(F)F. The molecule has 6 aliphatic carbocycles. The number of ether oxygens (including phenoxy) is 12. The summed E-state index contributed by atoms with van der Waals surface area (Å²) < 4.78 is 298. The van der Waals surface area contributed by atoms with Crippen molar-refractivity contribution in [1.29, 1.82) is 0 Å². The molecule has 36 heteroatoms. The van der Waals surface area contributed by atoms with Crippen molar-refractivity contribution in [2.75, 3.05) is 54.4 Å². The highest BCUT2D eigenvalue weighted by atomic mass is 19.4. The molecule has 13 atom stereocenters. The van der Waals surface area contributed by atoms with Crippen LogP contribution in [0.15, 0.2) is 36.5 Å². The Morgan fingerprint density at radius 2 is 0.639 bits per heavy atom. The van der Waals surface area contributed by atoms with E-state index in [1.807, 2.05) is 0 Å². The van der Waals surface area contributed by atoms with Gasteiger partial charge in [0.1, 0.15) is 6.10 Å². The number of fused-ring (bicyclic) bond motifs is 6. The first-order valence-corrected chi connectivity index (χ1v) is 35.7. The van der Waals surface area contributed by atoms with Gasteiger partial charge in [-0.15, -0.1) is 0 Å². The highest BCUT2D eigenvalue weighted by Gasteiger charge is 2.75. The van der Waals surface area contributed by atoms with Crippen molar-refractivity contribution in [3.05, 3.63) is 36.5 Å². The Balaban J connectivity index is 0.000000712. The first-order valence-electron chi connectivity index (χ1n) is 35.7. The Morgan fingerprint density at radius 3 is 0.880 bits per heavy atom. The van der Waals surface area contributed by atoms with Crippen LogP contribution in [0.2, 0.25) is 0 Å². The summed E-state index contributed by atoms with van der Waals surface area (Å²) >= 11 is 0. The van der Waals surface area contributed by atoms with E-state index in [0.717, 1.165) is 85.5 Å². The molecule has 18 nitrogen and oxygen atoms in total. The van der Waals surface area contributed by atoms with E-state index in [1.165, 1.54) is 48.5 Å². The standard InChI is InChI=1S/C21H32F6O4.2C18H26F6O4.3C5H8O2/c1-3-29-14(2)31-19(20(22,23)24,21(25,26)27)10-6-4-5-7-11-30-18(28)17-13-15-8-9-16(17)12-15;1-4-26-11(3)28-16(17(19,20)21,18(22,23)24)9-10(2)27-15(25)14-8-12-5-6-13(14)7-12;1-3-26-11(2)28-16(17(19,20)21,18(22,23)24)7-4-8-27-15(25)14-10-12-5-6-13(14)9-12;3*1-4(2)5(6)7-3/h14-17H,3-13H2,1-2H3;10-14H,4-9H2,1-3H3;11-14H,3-10H2,1-2H3;3*1H2,2-3H3. The van der Waals surface area contributed by atoms with Crippen LogP contribution >= 0.6 is 0 Å². The van der Waals surface area contributed by atoms with E-state index in [2.05, 4.69) is 48.2 Å². The molecule has 0 aromatic heterocycles. The Labute approximate surface area is 619 Å². The summed E-state index contributed by atoms with van der Waals surface area (Å²) in [5.41, 5.74) is -11.9. The molecule has 108 heavy (non-hydrogen) atoms. The molecule has 0 aliphatic heterocycles. The van der Waals surface area contributed by atoms with Gasteiger partial charge in [-0.05, 0) is 195 Å². The molecule has 0 amide bonds. The van der Waals surface area contributed by atoms with Gasteiger partial charge >= 0.3 is 72.9 Å². The molecule has 0 aromatic rings. The Bertz CT molecular complexity index is 2700. The minimum Gasteiger partial charge on any atom is -0.466 e. The van der Waals surface area contributed by atoms with Gasteiger partial charge in [0, 0.05) is 43.0 Å². The van der Waals surface area contributed by atoms with Gasteiger partial charge in [0.15, 0.2) is 18.9 Å². The lowest BCUT2D eigenvalue weighted by Crippen LogP contribution is -2.61. The Kier molecular flexibility index (Phi) is 41.6. The number of hydrogen-bond acceptors (Lipinski definition) is 18. The van der Waals surface area contributed by atoms with E-state index in [1.54, 1.807) is 20.8 Å². The zero-order chi connectivity index (χ0) is 83.4. The maximum atomic E-state index is 13.6. The summed E-state index contributed by atoms with van der Waals surface area (Å²) in [6, 6.07) is 0. The third kappa shape index (κ3) is 30.2. The molecule has 0 radical (unpaired) electrons. The van der Waals surface area contributed by atoms with Crippen LogP contribution in [0.4, 0.5) is 79.0 Å². The van der Waals surface area contributed by atoms with Crippen LogP contribution < -0.4 is 0 Å². The van der Waals surface area contributed by atoms with Crippen molar-refractivity contribution in [2.24, 2.45) is 53.3 Å². The minimum atomic E-state index is -5.77. The maximum absolute atomic E-state index is 13.6. The smallest absolute Gasteiger partial charge is 0.426 e. The number of carbonyl (C=O) groups excluding carboxylic acids is 6. The molecular weight excluding hydrogens is 1490 g/mol. The molecule has 6 fully saturated rings. The number of hydrogen-bond donors (Lipinski definition) is 0. The van der Waals surface area contributed by atoms with Crippen LogP contribution in [0.5, 0.6) is 0 Å². The average Bonchev–Trinajstić information content (AvgIpc) is 1.04. The van der Waals surface area contributed by atoms with Crippen LogP contribution in [0.3, 0.4) is 0 Å². The maximum Gasteiger partial charge on any atom is 0.426 e. The summed E-state index contributed by atoms with van der Waals surface area (Å²) in [6.07, 6.45) is -34.3. The van der Waals surface area contributed by atoms with Gasteiger partial charge in [-0.1, -0.05) is 51.8 Å². The number of methoxy groups -OCH3 is 3. The molecule has 0 spiro atoms. The minimum absolute atomic E-state index is 0.0533. The number of halogens is 18. The van der Waals surface area contributed by atoms with Crippen LogP contribution in [-0.2, 0) is 85.6 Å². The number of unbranched alkanes of at least 4 members (excludes halogenated alkanes) is 3. The van der Waals surface area contributed by atoms with Crippen LogP contribution in [0, 0.1) is 53.3 Å². The van der Waals surface area contributed by atoms with Gasteiger partial charge in [-0.2, -0.15) is 79.0 Å². The fourth-order valence-electron chi connectivity index (χ4n) is 14.1. The Hall–Kier alpha value is -5.46. The molecule has 0 N–H and O–H groups in total. The molecule has 6 bridgehead atoms. The average molecular weight is 1600 g/mol. The van der Waals surface area contributed by atoms with Crippen LogP contribution in [-0.4, -0.2) is 169 Å². The summed E-state index contributed by atoms with van der Waals surface area (Å²) in [7, 11) is 3.99. The van der Waals surface area contributed by atoms with E-state index < -0.39 is 129 Å². The first-order chi connectivity index (χ1) is 49.7. The van der Waals surface area contributed by atoms with Gasteiger partial charge in [0.05, 0.1) is 52.3 Å². The molecule has 0 aromatic carbocycles. The summed E-state index contributed by atoms with van der Waals surface area (Å²) in [5.74, 6) is -1.12. The lowest BCUT2D eigenvalue weighted by molar-refractivity contribution is -0.411. The molecule has 6 aliphatic rings. The second-order valence-corrected chi connectivity index (χ2v) is 27.6. The molecule has 0 saturated heterocycles. The molecule has 6 rings (SSSR count). The van der Waals surface area contributed by atoms with Gasteiger partial charge in [-0.25, -0.2) is 14.4 Å². The van der Waals surface area contributed by atoms with Gasteiger partial charge in [0.2, 0.25) is 0 Å². The highest BCUT2D eigenvalue weighted by Crippen LogP contribution is 2.55. The number of esters is 6. The molecule has 630 valence electrons. The lowest BCUT2D eigenvalue weighted by Gasteiger charge is -2.40. The van der Waals surface area contributed by atoms with Crippen LogP contribution in [0.1, 0.15) is 198 Å². The molecule has 13 unspecified atom stereocenters. The van der Waals surface area contributed by atoms with E-state index in [-0.39, 0.29) is 86.8 Å². The predicted molar refractivity (Wildman–Crippen MR) is 353 cm³/mol. The normalized spacial score (nSPS) is 22.8. The van der Waals surface area contributed by atoms with Crippen molar-refractivity contribution in [1.82, 2.24) is 0 Å². The topological polar surface area (TPSA) is 213 Å². The third-order valence-corrected chi connectivity index (χ3v) is 19.3. The zero-order valence-corrected chi connectivity index (χ0v) is 63.5.